The van der Waals surface area contributed by atoms with Gasteiger partial charge in [-0.1, -0.05) is 146 Å². The summed E-state index contributed by atoms with van der Waals surface area (Å²) in [5, 5.41) is 4.77. The smallest absolute Gasteiger partial charge is 0.161 e. The van der Waals surface area contributed by atoms with Crippen molar-refractivity contribution in [1.82, 2.24) is 9.97 Å². The molecule has 0 amide bonds. The third-order valence-electron chi connectivity index (χ3n) is 8.89. The topological polar surface area (TPSA) is 25.8 Å². The fourth-order valence-corrected chi connectivity index (χ4v) is 7.60. The van der Waals surface area contributed by atoms with Crippen molar-refractivity contribution in [3.8, 4) is 56.0 Å². The van der Waals surface area contributed by atoms with Crippen LogP contribution in [0.3, 0.4) is 0 Å². The zero-order chi connectivity index (χ0) is 31.2. The quantitative estimate of drug-likeness (QED) is 0.192. The molecule has 0 aliphatic rings. The summed E-state index contributed by atoms with van der Waals surface area (Å²) in [5.74, 6) is 0.746. The van der Waals surface area contributed by atoms with E-state index in [4.69, 9.17) is 9.97 Å². The number of hydrogen-bond donors (Lipinski definition) is 0. The average Bonchev–Trinajstić information content (AvgIpc) is 3.51. The van der Waals surface area contributed by atoms with E-state index in [9.17, 15) is 0 Å². The SMILES string of the molecule is c1ccc(-c2ccc(-c3cccc(-c4cccc(-c5nc(-c6ccccc6)nc6sc7cc8ccccc8cc7c56)c4)c3)cc2)cc1. The van der Waals surface area contributed by atoms with Crippen LogP contribution in [0, 0.1) is 0 Å². The van der Waals surface area contributed by atoms with Crippen molar-refractivity contribution in [3.63, 3.8) is 0 Å². The number of fused-ring (bicyclic) bond motifs is 4. The summed E-state index contributed by atoms with van der Waals surface area (Å²) in [4.78, 5) is 11.4. The van der Waals surface area contributed by atoms with Crippen LogP contribution in [0.1, 0.15) is 0 Å². The first-order valence-electron chi connectivity index (χ1n) is 15.8. The van der Waals surface area contributed by atoms with Crippen molar-refractivity contribution >= 4 is 42.4 Å². The molecule has 9 aromatic rings. The largest absolute Gasteiger partial charge is 0.227 e. The minimum absolute atomic E-state index is 0.746. The molecule has 0 spiro atoms. The van der Waals surface area contributed by atoms with E-state index in [1.54, 1.807) is 11.3 Å². The Labute approximate surface area is 277 Å². The molecule has 0 radical (unpaired) electrons. The van der Waals surface area contributed by atoms with Gasteiger partial charge in [0.25, 0.3) is 0 Å². The first-order valence-corrected chi connectivity index (χ1v) is 16.6. The van der Waals surface area contributed by atoms with Gasteiger partial charge in [-0.2, -0.15) is 0 Å². The van der Waals surface area contributed by atoms with Gasteiger partial charge in [-0.15, -0.1) is 11.3 Å². The summed E-state index contributed by atoms with van der Waals surface area (Å²) in [6, 6.07) is 60.4. The maximum atomic E-state index is 5.27. The normalized spacial score (nSPS) is 11.4. The Morgan fingerprint density at radius 3 is 1.53 bits per heavy atom. The predicted octanol–water partition coefficient (Wildman–Crippen LogP) is 12.3. The minimum atomic E-state index is 0.746. The summed E-state index contributed by atoms with van der Waals surface area (Å²) in [5.41, 5.74) is 10.2. The summed E-state index contributed by atoms with van der Waals surface area (Å²) < 4.78 is 1.22. The summed E-state index contributed by atoms with van der Waals surface area (Å²) in [6.45, 7) is 0. The molecule has 0 fully saturated rings. The lowest BCUT2D eigenvalue weighted by atomic mass is 9.95. The van der Waals surface area contributed by atoms with E-state index in [2.05, 4.69) is 152 Å². The summed E-state index contributed by atoms with van der Waals surface area (Å²) >= 11 is 1.74. The number of rotatable bonds is 5. The monoisotopic (exact) mass is 616 g/mol. The molecule has 47 heavy (non-hydrogen) atoms. The lowest BCUT2D eigenvalue weighted by molar-refractivity contribution is 1.24. The fraction of sp³-hybridized carbons (Fsp3) is 0. The Hall–Kier alpha value is -5.90. The molecular formula is C44H28N2S. The molecule has 0 N–H and O–H groups in total. The molecule has 0 aliphatic carbocycles. The van der Waals surface area contributed by atoms with Gasteiger partial charge in [-0.25, -0.2) is 9.97 Å². The maximum absolute atomic E-state index is 5.27. The van der Waals surface area contributed by atoms with Crippen molar-refractivity contribution < 1.29 is 0 Å². The van der Waals surface area contributed by atoms with E-state index >= 15 is 0 Å². The number of hydrogen-bond acceptors (Lipinski definition) is 3. The first kappa shape index (κ1) is 27.4. The maximum Gasteiger partial charge on any atom is 0.161 e. The molecule has 0 saturated carbocycles. The second-order valence-electron chi connectivity index (χ2n) is 11.8. The third kappa shape index (κ3) is 5.07. The molecule has 0 aliphatic heterocycles. The van der Waals surface area contributed by atoms with Gasteiger partial charge < -0.3 is 0 Å². The van der Waals surface area contributed by atoms with E-state index in [0.29, 0.717) is 0 Å². The van der Waals surface area contributed by atoms with Crippen LogP contribution in [0.2, 0.25) is 0 Å². The average molecular weight is 617 g/mol. The molecule has 2 nitrogen and oxygen atoms in total. The highest BCUT2D eigenvalue weighted by molar-refractivity contribution is 7.25. The van der Waals surface area contributed by atoms with Crippen molar-refractivity contribution in [2.24, 2.45) is 0 Å². The van der Waals surface area contributed by atoms with Crippen molar-refractivity contribution in [3.05, 3.63) is 170 Å². The molecular weight excluding hydrogens is 589 g/mol. The van der Waals surface area contributed by atoms with Crippen LogP contribution in [0.5, 0.6) is 0 Å². The van der Waals surface area contributed by atoms with E-state index in [1.165, 1.54) is 48.7 Å². The van der Waals surface area contributed by atoms with E-state index < -0.39 is 0 Å². The van der Waals surface area contributed by atoms with E-state index in [1.807, 2.05) is 18.2 Å². The van der Waals surface area contributed by atoms with Gasteiger partial charge in [-0.05, 0) is 68.4 Å². The molecule has 2 aromatic heterocycles. The van der Waals surface area contributed by atoms with Crippen LogP contribution >= 0.6 is 11.3 Å². The molecule has 0 atom stereocenters. The van der Waals surface area contributed by atoms with E-state index in [-0.39, 0.29) is 0 Å². The summed E-state index contributed by atoms with van der Waals surface area (Å²) in [7, 11) is 0. The summed E-state index contributed by atoms with van der Waals surface area (Å²) in [6.07, 6.45) is 0. The molecule has 0 unspecified atom stereocenters. The van der Waals surface area contributed by atoms with E-state index in [0.717, 1.165) is 38.4 Å². The van der Waals surface area contributed by atoms with Gasteiger partial charge in [0.05, 0.1) is 5.69 Å². The van der Waals surface area contributed by atoms with Gasteiger partial charge in [0, 0.05) is 26.6 Å². The standard InChI is InChI=1S/C44H28N2S/c1-3-11-29(12-4-1)30-21-23-31(24-22-30)33-17-9-18-34(25-33)35-19-10-20-38(26-35)42-41-39-27-36-15-7-8-16-37(36)28-40(39)47-44(41)46-43(45-42)32-13-5-2-6-14-32/h1-28H. The third-order valence-corrected chi connectivity index (χ3v) is 9.94. The van der Waals surface area contributed by atoms with Gasteiger partial charge in [0.2, 0.25) is 0 Å². The van der Waals surface area contributed by atoms with Crippen LogP contribution < -0.4 is 0 Å². The van der Waals surface area contributed by atoms with Crippen molar-refractivity contribution in [2.75, 3.05) is 0 Å². The second kappa shape index (κ2) is 11.5. The first-order chi connectivity index (χ1) is 23.3. The zero-order valence-corrected chi connectivity index (χ0v) is 26.3. The van der Waals surface area contributed by atoms with Crippen LogP contribution in [-0.2, 0) is 0 Å². The molecule has 0 bridgehead atoms. The number of aromatic nitrogens is 2. The highest BCUT2D eigenvalue weighted by atomic mass is 32.1. The van der Waals surface area contributed by atoms with Crippen LogP contribution in [-0.4, -0.2) is 9.97 Å². The van der Waals surface area contributed by atoms with Gasteiger partial charge in [0.15, 0.2) is 5.82 Å². The van der Waals surface area contributed by atoms with Crippen LogP contribution in [0.25, 0.3) is 87.1 Å². The Balaban J connectivity index is 1.17. The lowest BCUT2D eigenvalue weighted by Crippen LogP contribution is -1.94. The molecule has 220 valence electrons. The molecule has 0 saturated heterocycles. The highest BCUT2D eigenvalue weighted by Crippen LogP contribution is 2.42. The Bertz CT molecular complexity index is 2550. The second-order valence-corrected chi connectivity index (χ2v) is 12.9. The van der Waals surface area contributed by atoms with Crippen LogP contribution in [0.4, 0.5) is 0 Å². The van der Waals surface area contributed by atoms with Crippen LogP contribution in [0.15, 0.2) is 170 Å². The Morgan fingerprint density at radius 1 is 0.362 bits per heavy atom. The number of thiophene rings is 1. The predicted molar refractivity (Wildman–Crippen MR) is 200 cm³/mol. The number of nitrogens with zero attached hydrogens (tertiary/aromatic N) is 2. The Kier molecular flexibility index (Phi) is 6.69. The highest BCUT2D eigenvalue weighted by Gasteiger charge is 2.18. The van der Waals surface area contributed by atoms with Crippen molar-refractivity contribution in [2.45, 2.75) is 0 Å². The molecule has 3 heteroatoms. The molecule has 9 rings (SSSR count). The molecule has 2 heterocycles. The number of benzene rings is 7. The lowest BCUT2D eigenvalue weighted by Gasteiger charge is -2.11. The molecule has 7 aromatic carbocycles. The van der Waals surface area contributed by atoms with Crippen molar-refractivity contribution in [1.29, 1.82) is 0 Å². The zero-order valence-electron chi connectivity index (χ0n) is 25.5. The van der Waals surface area contributed by atoms with Gasteiger partial charge in [0.1, 0.15) is 4.83 Å². The Morgan fingerprint density at radius 2 is 0.851 bits per heavy atom. The van der Waals surface area contributed by atoms with Gasteiger partial charge >= 0.3 is 0 Å². The fourth-order valence-electron chi connectivity index (χ4n) is 6.50. The van der Waals surface area contributed by atoms with Gasteiger partial charge in [-0.3, -0.25) is 0 Å². The minimum Gasteiger partial charge on any atom is -0.227 e.